The Morgan fingerprint density at radius 2 is 0.719 bits per heavy atom. The molecular weight excluding hydrogens is 817 g/mol. The van der Waals surface area contributed by atoms with E-state index >= 15 is 0 Å². The number of phenols is 2. The third kappa shape index (κ3) is 7.14. The van der Waals surface area contributed by atoms with E-state index in [1.54, 1.807) is 12.1 Å². The predicted molar refractivity (Wildman–Crippen MR) is 272 cm³/mol. The maximum atomic E-state index is 11.5. The molecule has 2 heterocycles. The van der Waals surface area contributed by atoms with Crippen LogP contribution < -0.4 is 10.4 Å². The van der Waals surface area contributed by atoms with E-state index in [9.17, 15) is 10.2 Å². The number of para-hydroxylation sites is 4. The molecule has 8 aromatic carbocycles. The lowest BCUT2D eigenvalue weighted by Crippen LogP contribution is -2.37. The molecule has 8 heteroatoms. The van der Waals surface area contributed by atoms with Gasteiger partial charge in [-0.15, -0.1) is 0 Å². The quantitative estimate of drug-likeness (QED) is 0.142. The zero-order valence-electron chi connectivity index (χ0n) is 37.0. The van der Waals surface area contributed by atoms with Crippen molar-refractivity contribution in [1.82, 2.24) is 19.1 Å². The van der Waals surface area contributed by atoms with Gasteiger partial charge in [-0.25, -0.2) is 9.97 Å². The topological polar surface area (TPSA) is 76.1 Å². The van der Waals surface area contributed by atoms with Gasteiger partial charge in [-0.1, -0.05) is 183 Å². The van der Waals surface area contributed by atoms with Gasteiger partial charge < -0.3 is 10.2 Å². The van der Waals surface area contributed by atoms with E-state index in [1.165, 1.54) is 10.4 Å². The average molecular weight is 867 g/mol. The summed E-state index contributed by atoms with van der Waals surface area (Å²) < 4.78 is 4.42. The fourth-order valence-electron chi connectivity index (χ4n) is 8.90. The molecule has 0 radical (unpaired) electrons. The van der Waals surface area contributed by atoms with E-state index in [0.717, 1.165) is 66.8 Å². The second-order valence-corrected chi connectivity index (χ2v) is 28.8. The van der Waals surface area contributed by atoms with Crippen LogP contribution in [-0.2, 0) is 0 Å². The summed E-state index contributed by atoms with van der Waals surface area (Å²) in [7, 11) is -3.40. The molecule has 10 aromatic rings. The third-order valence-corrected chi connectivity index (χ3v) is 16.4. The first-order valence-corrected chi connectivity index (χ1v) is 28.9. The lowest BCUT2D eigenvalue weighted by Gasteiger charge is -2.21. The molecule has 0 aliphatic rings. The molecule has 0 saturated carbocycles. The summed E-state index contributed by atoms with van der Waals surface area (Å²) >= 11 is 0. The Hall–Kier alpha value is -7.27. The largest absolute Gasteiger partial charge is 0.507 e. The molecule has 2 N–H and O–H groups in total. The van der Waals surface area contributed by atoms with Crippen molar-refractivity contribution in [2.75, 3.05) is 0 Å². The molecule has 0 bridgehead atoms. The van der Waals surface area contributed by atoms with Crippen molar-refractivity contribution in [2.24, 2.45) is 0 Å². The molecule has 64 heavy (non-hydrogen) atoms. The Balaban J connectivity index is 1.28. The Labute approximate surface area is 376 Å². The van der Waals surface area contributed by atoms with Crippen LogP contribution in [0.25, 0.3) is 89.6 Å². The number of imidazole rings is 2. The number of aromatic hydroxyl groups is 2. The maximum absolute atomic E-state index is 11.5. The van der Waals surface area contributed by atoms with Crippen LogP contribution in [-0.4, -0.2) is 45.5 Å². The monoisotopic (exact) mass is 866 g/mol. The highest BCUT2D eigenvalue weighted by Crippen LogP contribution is 2.43. The van der Waals surface area contributed by atoms with Gasteiger partial charge in [0.05, 0.1) is 60.7 Å². The molecule has 0 atom stereocenters. The first-order chi connectivity index (χ1) is 30.9. The Morgan fingerprint density at radius 1 is 0.359 bits per heavy atom. The molecule has 0 unspecified atom stereocenters. The van der Waals surface area contributed by atoms with Crippen LogP contribution in [0.15, 0.2) is 182 Å². The van der Waals surface area contributed by atoms with Crippen molar-refractivity contribution >= 4 is 48.6 Å². The molecule has 0 aliphatic heterocycles. The van der Waals surface area contributed by atoms with Crippen LogP contribution in [0, 0.1) is 0 Å². The predicted octanol–water partition coefficient (Wildman–Crippen LogP) is 13.2. The fraction of sp³-hybridized carbons (Fsp3) is 0.107. The van der Waals surface area contributed by atoms with E-state index in [-0.39, 0.29) is 11.5 Å². The minimum absolute atomic E-state index is 0.156. The van der Waals surface area contributed by atoms with Crippen LogP contribution in [0.1, 0.15) is 0 Å². The Morgan fingerprint density at radius 3 is 1.09 bits per heavy atom. The van der Waals surface area contributed by atoms with Crippen molar-refractivity contribution in [3.8, 4) is 79.0 Å². The van der Waals surface area contributed by atoms with Crippen molar-refractivity contribution in [1.29, 1.82) is 0 Å². The summed E-state index contributed by atoms with van der Waals surface area (Å²) in [5.74, 6) is 1.59. The van der Waals surface area contributed by atoms with Crippen molar-refractivity contribution in [3.05, 3.63) is 182 Å². The number of hydrogen-bond donors (Lipinski definition) is 2. The van der Waals surface area contributed by atoms with Gasteiger partial charge in [0.2, 0.25) is 0 Å². The number of rotatable bonds is 9. The van der Waals surface area contributed by atoms with Gasteiger partial charge >= 0.3 is 0 Å². The highest BCUT2D eigenvalue weighted by atomic mass is 28.3. The van der Waals surface area contributed by atoms with Gasteiger partial charge in [0.15, 0.2) is 0 Å². The molecule has 2 aromatic heterocycles. The van der Waals surface area contributed by atoms with Gasteiger partial charge in [0.1, 0.15) is 23.1 Å². The minimum Gasteiger partial charge on any atom is -0.507 e. The number of nitrogens with zero attached hydrogens (tertiary/aromatic N) is 4. The molecule has 0 amide bonds. The van der Waals surface area contributed by atoms with Crippen LogP contribution >= 0.6 is 0 Å². The van der Waals surface area contributed by atoms with Crippen molar-refractivity contribution in [3.63, 3.8) is 0 Å². The highest BCUT2D eigenvalue weighted by molar-refractivity contribution is 6.89. The Bertz CT molecular complexity index is 3150. The fourth-order valence-corrected chi connectivity index (χ4v) is 11.2. The van der Waals surface area contributed by atoms with Crippen LogP contribution in [0.3, 0.4) is 0 Å². The van der Waals surface area contributed by atoms with Gasteiger partial charge in [0.25, 0.3) is 0 Å². The zero-order valence-corrected chi connectivity index (χ0v) is 39.0. The second kappa shape index (κ2) is 15.8. The summed E-state index contributed by atoms with van der Waals surface area (Å²) in [5, 5.41) is 25.7. The van der Waals surface area contributed by atoms with E-state index in [1.807, 2.05) is 36.4 Å². The molecule has 0 saturated heterocycles. The number of fused-ring (bicyclic) bond motifs is 2. The normalized spacial score (nSPS) is 12.0. The SMILES string of the molecule is C[Si](C)(C)c1ccc(-n2c(-c3ccccc3O)nc3c(-c4cccc5c4nc(-c4ccccc4O)n5-c4ccc([Si](C)(C)C)cc4-c4ccccc4)cccc32)c(-c2ccccc2)c1. The number of benzene rings is 8. The van der Waals surface area contributed by atoms with Crippen molar-refractivity contribution < 1.29 is 10.2 Å². The standard InChI is InChI=1S/C56H50N4O2Si2/c1-63(2,3)39-31-33-47(45(35-39)37-19-9-7-10-20-37)59-49-27-17-25-41(53(49)57-55(59)43-23-13-15-29-51(43)61)42-26-18-28-50-54(42)58-56(44-24-14-16-30-52(44)62)60(50)48-34-32-40(64(4,5)6)36-46(48)38-21-11-8-12-22-38/h7-36,61-62H,1-6H3. The van der Waals surface area contributed by atoms with E-state index < -0.39 is 16.1 Å². The molecule has 10 rings (SSSR count). The summed E-state index contributed by atoms with van der Waals surface area (Å²) in [6, 6.07) is 62.3. The van der Waals surface area contributed by atoms with Crippen LogP contribution in [0.4, 0.5) is 0 Å². The lowest BCUT2D eigenvalue weighted by molar-refractivity contribution is 0.476. The van der Waals surface area contributed by atoms with Crippen LogP contribution in [0.2, 0.25) is 39.3 Å². The summed E-state index contributed by atoms with van der Waals surface area (Å²) in [6.45, 7) is 14.3. The first-order valence-electron chi connectivity index (χ1n) is 21.9. The maximum Gasteiger partial charge on any atom is 0.149 e. The zero-order chi connectivity index (χ0) is 44.3. The first kappa shape index (κ1) is 40.8. The highest BCUT2D eigenvalue weighted by Gasteiger charge is 2.27. The van der Waals surface area contributed by atoms with Gasteiger partial charge in [-0.3, -0.25) is 9.13 Å². The average Bonchev–Trinajstić information content (AvgIpc) is 3.88. The second-order valence-electron chi connectivity index (χ2n) is 18.6. The van der Waals surface area contributed by atoms with Gasteiger partial charge in [0, 0.05) is 22.3 Å². The number of aromatic nitrogens is 4. The van der Waals surface area contributed by atoms with Crippen molar-refractivity contribution in [2.45, 2.75) is 39.3 Å². The molecule has 6 nitrogen and oxygen atoms in total. The third-order valence-electron chi connectivity index (χ3n) is 12.3. The van der Waals surface area contributed by atoms with E-state index in [2.05, 4.69) is 182 Å². The number of hydrogen-bond acceptors (Lipinski definition) is 4. The summed E-state index contributed by atoms with van der Waals surface area (Å²) in [5.41, 5.74) is 12.8. The van der Waals surface area contributed by atoms with Gasteiger partial charge in [-0.2, -0.15) is 0 Å². The molecule has 0 fully saturated rings. The smallest absolute Gasteiger partial charge is 0.149 e. The minimum atomic E-state index is -1.70. The van der Waals surface area contributed by atoms with E-state index in [0.29, 0.717) is 22.8 Å². The summed E-state index contributed by atoms with van der Waals surface area (Å²) in [4.78, 5) is 11.0. The summed E-state index contributed by atoms with van der Waals surface area (Å²) in [6.07, 6.45) is 0. The lowest BCUT2D eigenvalue weighted by atomic mass is 10.0. The molecule has 0 aliphatic carbocycles. The number of phenolic OH excluding ortho intramolecular Hbond substituents is 2. The molecule has 314 valence electrons. The van der Waals surface area contributed by atoms with Gasteiger partial charge in [-0.05, 0) is 59.7 Å². The molecular formula is C56H50N4O2Si2. The van der Waals surface area contributed by atoms with Crippen LogP contribution in [0.5, 0.6) is 11.5 Å². The molecule has 0 spiro atoms. The Kier molecular flexibility index (Phi) is 10.1. The van der Waals surface area contributed by atoms with E-state index in [4.69, 9.17) is 9.97 Å².